The van der Waals surface area contributed by atoms with Crippen molar-refractivity contribution in [3.05, 3.63) is 48.0 Å². The minimum Gasteiger partial charge on any atom is -0.393 e. The SMILES string of the molecule is CC/C=C\C[C@@H](O)CCc1ccccc1. The standard InChI is InChI=1S/C14H20O/c1-2-3-5-10-14(15)12-11-13-8-6-4-7-9-13/h3-9,14-15H,2,10-12H2,1H3/b5-3-/t14-/m1/s1. The molecule has 0 aliphatic rings. The highest BCUT2D eigenvalue weighted by Gasteiger charge is 2.01. The number of hydrogen-bond acceptors (Lipinski definition) is 1. The predicted octanol–water partition coefficient (Wildman–Crippen LogP) is 3.34. The van der Waals surface area contributed by atoms with Crippen molar-refractivity contribution < 1.29 is 5.11 Å². The maximum absolute atomic E-state index is 9.69. The third-order valence-electron chi connectivity index (χ3n) is 2.42. The molecule has 0 saturated carbocycles. The summed E-state index contributed by atoms with van der Waals surface area (Å²) in [7, 11) is 0. The Balaban J connectivity index is 2.22. The van der Waals surface area contributed by atoms with Gasteiger partial charge in [0.25, 0.3) is 0 Å². The van der Waals surface area contributed by atoms with E-state index in [0.717, 1.165) is 25.7 Å². The molecule has 0 heterocycles. The molecule has 1 N–H and O–H groups in total. The van der Waals surface area contributed by atoms with Gasteiger partial charge in [0.15, 0.2) is 0 Å². The monoisotopic (exact) mass is 204 g/mol. The zero-order valence-electron chi connectivity index (χ0n) is 9.39. The molecule has 0 saturated heterocycles. The van der Waals surface area contributed by atoms with E-state index in [1.165, 1.54) is 5.56 Å². The van der Waals surface area contributed by atoms with Crippen LogP contribution in [0.5, 0.6) is 0 Å². The molecule has 0 aliphatic carbocycles. The van der Waals surface area contributed by atoms with Crippen LogP contribution in [0.1, 0.15) is 31.7 Å². The van der Waals surface area contributed by atoms with Gasteiger partial charge in [-0.2, -0.15) is 0 Å². The van der Waals surface area contributed by atoms with Crippen LogP contribution in [0.4, 0.5) is 0 Å². The second-order valence-corrected chi connectivity index (χ2v) is 3.79. The van der Waals surface area contributed by atoms with Crippen LogP contribution in [0, 0.1) is 0 Å². The van der Waals surface area contributed by atoms with Gasteiger partial charge < -0.3 is 5.11 Å². The summed E-state index contributed by atoms with van der Waals surface area (Å²) in [5.41, 5.74) is 1.30. The van der Waals surface area contributed by atoms with Gasteiger partial charge in [-0.1, -0.05) is 49.4 Å². The lowest BCUT2D eigenvalue weighted by atomic mass is 10.0. The summed E-state index contributed by atoms with van der Waals surface area (Å²) in [4.78, 5) is 0. The van der Waals surface area contributed by atoms with Crippen molar-refractivity contribution in [3.8, 4) is 0 Å². The van der Waals surface area contributed by atoms with Crippen molar-refractivity contribution in [2.75, 3.05) is 0 Å². The Kier molecular flexibility index (Phi) is 5.79. The third-order valence-corrected chi connectivity index (χ3v) is 2.42. The van der Waals surface area contributed by atoms with Crippen molar-refractivity contribution in [2.24, 2.45) is 0 Å². The Morgan fingerprint density at radius 2 is 1.93 bits per heavy atom. The summed E-state index contributed by atoms with van der Waals surface area (Å²) in [6, 6.07) is 10.3. The molecule has 1 aromatic rings. The first kappa shape index (κ1) is 12.0. The van der Waals surface area contributed by atoms with Crippen molar-refractivity contribution >= 4 is 0 Å². The quantitative estimate of drug-likeness (QED) is 0.705. The molecular weight excluding hydrogens is 184 g/mol. The summed E-state index contributed by atoms with van der Waals surface area (Å²) in [6.07, 6.45) is 7.60. The van der Waals surface area contributed by atoms with E-state index < -0.39 is 0 Å². The minimum absolute atomic E-state index is 0.201. The molecule has 82 valence electrons. The summed E-state index contributed by atoms with van der Waals surface area (Å²) >= 11 is 0. The molecule has 0 radical (unpaired) electrons. The van der Waals surface area contributed by atoms with E-state index in [2.05, 4.69) is 31.2 Å². The molecular formula is C14H20O. The van der Waals surface area contributed by atoms with E-state index in [1.54, 1.807) is 0 Å². The topological polar surface area (TPSA) is 20.2 Å². The number of hydrogen-bond donors (Lipinski definition) is 1. The number of aliphatic hydroxyl groups excluding tert-OH is 1. The highest BCUT2D eigenvalue weighted by atomic mass is 16.3. The van der Waals surface area contributed by atoms with Crippen LogP contribution in [0.15, 0.2) is 42.5 Å². The summed E-state index contributed by atoms with van der Waals surface area (Å²) in [6.45, 7) is 2.10. The predicted molar refractivity (Wildman–Crippen MR) is 64.8 cm³/mol. The maximum atomic E-state index is 9.69. The number of aryl methyl sites for hydroxylation is 1. The van der Waals surface area contributed by atoms with Crippen molar-refractivity contribution in [2.45, 2.75) is 38.7 Å². The van der Waals surface area contributed by atoms with Crippen LogP contribution < -0.4 is 0 Å². The molecule has 0 amide bonds. The molecule has 15 heavy (non-hydrogen) atoms. The van der Waals surface area contributed by atoms with Gasteiger partial charge in [0.2, 0.25) is 0 Å². The van der Waals surface area contributed by atoms with Crippen molar-refractivity contribution in [1.82, 2.24) is 0 Å². The van der Waals surface area contributed by atoms with E-state index in [-0.39, 0.29) is 6.10 Å². The van der Waals surface area contributed by atoms with Crippen LogP contribution in [0.2, 0.25) is 0 Å². The lowest BCUT2D eigenvalue weighted by molar-refractivity contribution is 0.168. The fraction of sp³-hybridized carbons (Fsp3) is 0.429. The summed E-state index contributed by atoms with van der Waals surface area (Å²) in [5, 5.41) is 9.69. The average molecular weight is 204 g/mol. The second-order valence-electron chi connectivity index (χ2n) is 3.79. The summed E-state index contributed by atoms with van der Waals surface area (Å²) in [5.74, 6) is 0. The number of rotatable bonds is 6. The highest BCUT2D eigenvalue weighted by Crippen LogP contribution is 2.07. The zero-order chi connectivity index (χ0) is 10.9. The smallest absolute Gasteiger partial charge is 0.0577 e. The number of aliphatic hydroxyl groups is 1. The van der Waals surface area contributed by atoms with Gasteiger partial charge in [0.1, 0.15) is 0 Å². The Hall–Kier alpha value is -1.08. The van der Waals surface area contributed by atoms with Gasteiger partial charge >= 0.3 is 0 Å². The van der Waals surface area contributed by atoms with Gasteiger partial charge in [0, 0.05) is 0 Å². The fourth-order valence-electron chi connectivity index (χ4n) is 1.52. The lowest BCUT2D eigenvalue weighted by Gasteiger charge is -2.07. The molecule has 1 nitrogen and oxygen atoms in total. The lowest BCUT2D eigenvalue weighted by Crippen LogP contribution is -2.06. The molecule has 1 rings (SSSR count). The largest absolute Gasteiger partial charge is 0.393 e. The molecule has 1 aromatic carbocycles. The van der Waals surface area contributed by atoms with Gasteiger partial charge in [-0.15, -0.1) is 0 Å². The molecule has 0 aliphatic heterocycles. The molecule has 1 atom stereocenters. The number of allylic oxidation sites excluding steroid dienone is 1. The van der Waals surface area contributed by atoms with Gasteiger partial charge in [-0.3, -0.25) is 0 Å². The van der Waals surface area contributed by atoms with Gasteiger partial charge in [-0.25, -0.2) is 0 Å². The Labute approximate surface area is 92.5 Å². The Morgan fingerprint density at radius 1 is 1.20 bits per heavy atom. The van der Waals surface area contributed by atoms with Gasteiger partial charge in [-0.05, 0) is 31.2 Å². The Bertz CT molecular complexity index is 277. The molecule has 0 fully saturated rings. The van der Waals surface area contributed by atoms with Crippen LogP contribution in [0.3, 0.4) is 0 Å². The van der Waals surface area contributed by atoms with E-state index in [9.17, 15) is 5.11 Å². The van der Waals surface area contributed by atoms with Crippen molar-refractivity contribution in [1.29, 1.82) is 0 Å². The first-order chi connectivity index (χ1) is 7.33. The fourth-order valence-corrected chi connectivity index (χ4v) is 1.52. The van der Waals surface area contributed by atoms with E-state index in [0.29, 0.717) is 0 Å². The second kappa shape index (κ2) is 7.24. The van der Waals surface area contributed by atoms with Crippen LogP contribution >= 0.6 is 0 Å². The normalized spacial score (nSPS) is 13.2. The highest BCUT2D eigenvalue weighted by molar-refractivity contribution is 5.14. The minimum atomic E-state index is -0.201. The van der Waals surface area contributed by atoms with Crippen molar-refractivity contribution in [3.63, 3.8) is 0 Å². The Morgan fingerprint density at radius 3 is 2.60 bits per heavy atom. The van der Waals surface area contributed by atoms with Gasteiger partial charge in [0.05, 0.1) is 6.10 Å². The third kappa shape index (κ3) is 5.38. The molecule has 0 spiro atoms. The van der Waals surface area contributed by atoms with Crippen LogP contribution in [-0.4, -0.2) is 11.2 Å². The first-order valence-electron chi connectivity index (χ1n) is 5.70. The molecule has 1 heteroatoms. The molecule has 0 unspecified atom stereocenters. The maximum Gasteiger partial charge on any atom is 0.0577 e. The average Bonchev–Trinajstić information content (AvgIpc) is 2.28. The first-order valence-corrected chi connectivity index (χ1v) is 5.70. The van der Waals surface area contributed by atoms with E-state index >= 15 is 0 Å². The summed E-state index contributed by atoms with van der Waals surface area (Å²) < 4.78 is 0. The van der Waals surface area contributed by atoms with Crippen LogP contribution in [0.25, 0.3) is 0 Å². The van der Waals surface area contributed by atoms with E-state index in [1.807, 2.05) is 18.2 Å². The molecule has 0 aromatic heterocycles. The van der Waals surface area contributed by atoms with E-state index in [4.69, 9.17) is 0 Å². The number of benzene rings is 1. The van der Waals surface area contributed by atoms with Crippen LogP contribution in [-0.2, 0) is 6.42 Å². The zero-order valence-corrected chi connectivity index (χ0v) is 9.39. The molecule has 0 bridgehead atoms.